The van der Waals surface area contributed by atoms with E-state index in [2.05, 4.69) is 21.3 Å². The van der Waals surface area contributed by atoms with Crippen LogP contribution in [-0.2, 0) is 41.6 Å². The Kier molecular flexibility index (Phi) is 17.2. The van der Waals surface area contributed by atoms with Crippen molar-refractivity contribution in [2.45, 2.75) is 83.2 Å². The monoisotopic (exact) mass is 672 g/mol. The van der Waals surface area contributed by atoms with Crippen LogP contribution >= 0.6 is 11.8 Å². The van der Waals surface area contributed by atoms with E-state index in [1.54, 1.807) is 20.8 Å². The van der Waals surface area contributed by atoms with E-state index in [0.717, 1.165) is 11.1 Å². The van der Waals surface area contributed by atoms with Gasteiger partial charge in [-0.15, -0.1) is 0 Å². The molecule has 0 spiro atoms. The molecule has 258 valence electrons. The number of carbonyl (C=O) groups is 5. The van der Waals surface area contributed by atoms with Crippen LogP contribution in [-0.4, -0.2) is 79.4 Å². The maximum absolute atomic E-state index is 13.6. The molecule has 0 radical (unpaired) electrons. The molecule has 4 N–H and O–H groups in total. The number of nitrogens with one attached hydrogen (secondary N) is 4. The molecule has 0 aromatic heterocycles. The minimum atomic E-state index is -1.06. The Hall–Kier alpha value is -4.26. The van der Waals surface area contributed by atoms with Gasteiger partial charge in [0.2, 0.25) is 11.8 Å². The summed E-state index contributed by atoms with van der Waals surface area (Å²) in [7, 11) is 1.23. The van der Waals surface area contributed by atoms with Crippen molar-refractivity contribution in [3.05, 3.63) is 71.8 Å². The first kappa shape index (κ1) is 38.9. The maximum atomic E-state index is 13.6. The molecule has 0 fully saturated rings. The SMILES string of the molecule is COC(=O)[C@H](CCCCNC(=O)OCc1ccccc1)NC(=O)[C@H](Cc1ccccc1)NC(=O)[C@H](CCSC)NC(=O)OC(C)(C)C. The molecular formula is C34H48N4O8S. The van der Waals surface area contributed by atoms with E-state index in [9.17, 15) is 24.0 Å². The van der Waals surface area contributed by atoms with Gasteiger partial charge in [0.05, 0.1) is 7.11 Å². The number of amides is 4. The van der Waals surface area contributed by atoms with Crippen molar-refractivity contribution in [3.8, 4) is 0 Å². The van der Waals surface area contributed by atoms with Crippen LogP contribution in [0.15, 0.2) is 60.7 Å². The fraction of sp³-hybridized carbons (Fsp3) is 0.500. The van der Waals surface area contributed by atoms with E-state index in [1.807, 2.05) is 66.9 Å². The van der Waals surface area contributed by atoms with Gasteiger partial charge in [0.25, 0.3) is 0 Å². The van der Waals surface area contributed by atoms with Crippen LogP contribution in [0.2, 0.25) is 0 Å². The van der Waals surface area contributed by atoms with Gasteiger partial charge in [0.15, 0.2) is 0 Å². The molecule has 47 heavy (non-hydrogen) atoms. The Morgan fingerprint density at radius 1 is 0.745 bits per heavy atom. The zero-order valence-electron chi connectivity index (χ0n) is 27.8. The molecule has 0 saturated heterocycles. The highest BCUT2D eigenvalue weighted by atomic mass is 32.2. The van der Waals surface area contributed by atoms with Crippen molar-refractivity contribution < 1.29 is 38.2 Å². The Morgan fingerprint density at radius 2 is 1.34 bits per heavy atom. The molecule has 2 aromatic rings. The molecule has 0 heterocycles. The fourth-order valence-corrected chi connectivity index (χ4v) is 4.86. The normalized spacial score (nSPS) is 12.9. The van der Waals surface area contributed by atoms with Crippen molar-refractivity contribution in [2.24, 2.45) is 0 Å². The number of carbonyl (C=O) groups excluding carboxylic acids is 5. The standard InChI is InChI=1S/C34H48N4O8S/c1-34(2,3)46-33(43)38-26(19-21-47-5)29(39)37-28(22-24-14-8-6-9-15-24)30(40)36-27(31(41)44-4)18-12-13-20-35-32(42)45-23-25-16-10-7-11-17-25/h6-11,14-17,26-28H,12-13,18-23H2,1-5H3,(H,35,42)(H,36,40)(H,37,39)(H,38,43)/t26-,27-,28-/m0/s1. The molecule has 13 heteroatoms. The third-order valence-electron chi connectivity index (χ3n) is 6.74. The number of methoxy groups -OCH3 is 1. The zero-order chi connectivity index (χ0) is 34.7. The predicted octanol–water partition coefficient (Wildman–Crippen LogP) is 4.11. The summed E-state index contributed by atoms with van der Waals surface area (Å²) in [5, 5.41) is 10.8. The first-order chi connectivity index (χ1) is 22.4. The van der Waals surface area contributed by atoms with Crippen molar-refractivity contribution in [2.75, 3.05) is 25.7 Å². The molecule has 2 aromatic carbocycles. The average molecular weight is 673 g/mol. The van der Waals surface area contributed by atoms with E-state index < -0.39 is 53.7 Å². The Labute approximate surface area is 281 Å². The highest BCUT2D eigenvalue weighted by Gasteiger charge is 2.31. The minimum Gasteiger partial charge on any atom is -0.467 e. The number of ether oxygens (including phenoxy) is 3. The van der Waals surface area contributed by atoms with Crippen LogP contribution in [0, 0.1) is 0 Å². The Balaban J connectivity index is 2.03. The zero-order valence-corrected chi connectivity index (χ0v) is 28.7. The maximum Gasteiger partial charge on any atom is 0.408 e. The first-order valence-electron chi connectivity index (χ1n) is 15.6. The van der Waals surface area contributed by atoms with Crippen LogP contribution in [0.25, 0.3) is 0 Å². The molecule has 0 aliphatic rings. The third kappa shape index (κ3) is 16.2. The molecule has 0 saturated carbocycles. The van der Waals surface area contributed by atoms with Gasteiger partial charge in [-0.3, -0.25) is 9.59 Å². The quantitative estimate of drug-likeness (QED) is 0.104. The van der Waals surface area contributed by atoms with Gasteiger partial charge in [-0.1, -0.05) is 60.7 Å². The second kappa shape index (κ2) is 20.8. The molecule has 0 unspecified atom stereocenters. The molecule has 2 rings (SSSR count). The highest BCUT2D eigenvalue weighted by Crippen LogP contribution is 2.11. The number of esters is 1. The van der Waals surface area contributed by atoms with Crippen LogP contribution in [0.5, 0.6) is 0 Å². The molecule has 12 nitrogen and oxygen atoms in total. The van der Waals surface area contributed by atoms with Crippen molar-refractivity contribution >= 4 is 41.7 Å². The smallest absolute Gasteiger partial charge is 0.408 e. The third-order valence-corrected chi connectivity index (χ3v) is 7.38. The summed E-state index contributed by atoms with van der Waals surface area (Å²) < 4.78 is 15.5. The highest BCUT2D eigenvalue weighted by molar-refractivity contribution is 7.98. The van der Waals surface area contributed by atoms with Crippen molar-refractivity contribution in [3.63, 3.8) is 0 Å². The van der Waals surface area contributed by atoms with Gasteiger partial charge in [0, 0.05) is 13.0 Å². The van der Waals surface area contributed by atoms with Gasteiger partial charge < -0.3 is 35.5 Å². The summed E-state index contributed by atoms with van der Waals surface area (Å²) in [5.74, 6) is -1.20. The summed E-state index contributed by atoms with van der Waals surface area (Å²) in [5.41, 5.74) is 0.898. The summed E-state index contributed by atoms with van der Waals surface area (Å²) in [4.78, 5) is 64.2. The molecule has 0 bridgehead atoms. The number of hydrogen-bond acceptors (Lipinski definition) is 9. The van der Waals surface area contributed by atoms with Gasteiger partial charge in [-0.05, 0) is 69.6 Å². The second-order valence-corrected chi connectivity index (χ2v) is 12.8. The average Bonchev–Trinajstić information content (AvgIpc) is 3.04. The number of alkyl carbamates (subject to hydrolysis) is 2. The van der Waals surface area contributed by atoms with E-state index in [1.165, 1.54) is 18.9 Å². The molecular weight excluding hydrogens is 624 g/mol. The molecule has 4 amide bonds. The van der Waals surface area contributed by atoms with Gasteiger partial charge in [0.1, 0.15) is 30.3 Å². The molecule has 0 aliphatic heterocycles. The summed E-state index contributed by atoms with van der Waals surface area (Å²) in [6, 6.07) is 15.4. The largest absolute Gasteiger partial charge is 0.467 e. The number of hydrogen-bond donors (Lipinski definition) is 4. The lowest BCUT2D eigenvalue weighted by atomic mass is 10.0. The fourth-order valence-electron chi connectivity index (χ4n) is 4.39. The van der Waals surface area contributed by atoms with Crippen LogP contribution in [0.4, 0.5) is 9.59 Å². The van der Waals surface area contributed by atoms with E-state index in [4.69, 9.17) is 14.2 Å². The molecule has 3 atom stereocenters. The van der Waals surface area contributed by atoms with Gasteiger partial charge in [-0.25, -0.2) is 14.4 Å². The molecule has 0 aliphatic carbocycles. The van der Waals surface area contributed by atoms with Crippen molar-refractivity contribution in [1.29, 1.82) is 0 Å². The lowest BCUT2D eigenvalue weighted by Crippen LogP contribution is -2.56. The van der Waals surface area contributed by atoms with Crippen LogP contribution < -0.4 is 21.3 Å². The van der Waals surface area contributed by atoms with Gasteiger partial charge >= 0.3 is 18.2 Å². The lowest BCUT2D eigenvalue weighted by Gasteiger charge is -2.26. The summed E-state index contributed by atoms with van der Waals surface area (Å²) >= 11 is 1.51. The van der Waals surface area contributed by atoms with Crippen LogP contribution in [0.1, 0.15) is 57.6 Å². The first-order valence-corrected chi connectivity index (χ1v) is 17.0. The van der Waals surface area contributed by atoms with Crippen molar-refractivity contribution in [1.82, 2.24) is 21.3 Å². The summed E-state index contributed by atoms with van der Waals surface area (Å²) in [6.45, 7) is 5.63. The number of rotatable bonds is 18. The number of thioether (sulfide) groups is 1. The second-order valence-electron chi connectivity index (χ2n) is 11.8. The number of unbranched alkanes of at least 4 members (excludes halogenated alkanes) is 1. The van der Waals surface area contributed by atoms with E-state index in [0.29, 0.717) is 31.6 Å². The predicted molar refractivity (Wildman–Crippen MR) is 181 cm³/mol. The topological polar surface area (TPSA) is 161 Å². The van der Waals surface area contributed by atoms with Gasteiger partial charge in [-0.2, -0.15) is 11.8 Å². The number of benzene rings is 2. The van der Waals surface area contributed by atoms with E-state index in [-0.39, 0.29) is 19.4 Å². The van der Waals surface area contributed by atoms with Crippen LogP contribution in [0.3, 0.4) is 0 Å². The lowest BCUT2D eigenvalue weighted by molar-refractivity contribution is -0.145. The summed E-state index contributed by atoms with van der Waals surface area (Å²) in [6.07, 6.45) is 2.27. The Morgan fingerprint density at radius 3 is 1.94 bits per heavy atom. The Bertz CT molecular complexity index is 1270. The minimum absolute atomic E-state index is 0.142. The van der Waals surface area contributed by atoms with E-state index >= 15 is 0 Å².